The third kappa shape index (κ3) is 0.926. The Bertz CT molecular complexity index is 157. The molecule has 2 nitrogen and oxygen atoms in total. The van der Waals surface area contributed by atoms with E-state index in [9.17, 15) is 10.2 Å². The van der Waals surface area contributed by atoms with Crippen LogP contribution in [0.25, 0.3) is 0 Å². The third-order valence-corrected chi connectivity index (χ3v) is 3.61. The molecule has 0 aromatic heterocycles. The molecule has 64 valence electrons. The molecule has 1 spiro atoms. The number of hydrogen-bond acceptors (Lipinski definition) is 2. The predicted octanol–water partition coefficient (Wildman–Crippen LogP) is 1.41. The minimum absolute atomic E-state index is 0.0920. The minimum atomic E-state index is -1.31. The van der Waals surface area contributed by atoms with Gasteiger partial charge in [-0.3, -0.25) is 0 Å². The van der Waals surface area contributed by atoms with Crippen molar-refractivity contribution in [1.29, 1.82) is 0 Å². The number of rotatable bonds is 0. The maximum atomic E-state index is 9.54. The summed E-state index contributed by atoms with van der Waals surface area (Å²) in [6.07, 6.45) is 7.32. The van der Waals surface area contributed by atoms with Gasteiger partial charge in [0.25, 0.3) is 0 Å². The molecule has 0 heterocycles. The summed E-state index contributed by atoms with van der Waals surface area (Å²) in [5.41, 5.74) is -0.0920. The molecule has 0 saturated heterocycles. The van der Waals surface area contributed by atoms with Crippen LogP contribution in [0.1, 0.15) is 44.9 Å². The molecular weight excluding hydrogens is 140 g/mol. The van der Waals surface area contributed by atoms with Gasteiger partial charge in [0.1, 0.15) is 0 Å². The van der Waals surface area contributed by atoms with Crippen molar-refractivity contribution in [2.24, 2.45) is 5.41 Å². The first-order valence-electron chi connectivity index (χ1n) is 4.61. The molecule has 2 N–H and O–H groups in total. The van der Waals surface area contributed by atoms with Crippen LogP contribution in [0.4, 0.5) is 0 Å². The third-order valence-electron chi connectivity index (χ3n) is 3.61. The molecule has 0 bridgehead atoms. The Labute approximate surface area is 67.2 Å². The molecule has 2 aliphatic carbocycles. The van der Waals surface area contributed by atoms with Gasteiger partial charge in [0, 0.05) is 11.8 Å². The monoisotopic (exact) mass is 156 g/mol. The fourth-order valence-corrected chi connectivity index (χ4v) is 2.58. The average molecular weight is 156 g/mol. The van der Waals surface area contributed by atoms with Crippen LogP contribution in [0.5, 0.6) is 0 Å². The molecule has 0 amide bonds. The summed E-state index contributed by atoms with van der Waals surface area (Å²) in [6.45, 7) is 0. The molecule has 2 saturated carbocycles. The van der Waals surface area contributed by atoms with Crippen LogP contribution >= 0.6 is 0 Å². The summed E-state index contributed by atoms with van der Waals surface area (Å²) in [5, 5.41) is 19.1. The molecule has 0 aromatic carbocycles. The quantitative estimate of drug-likeness (QED) is 0.521. The molecule has 2 aliphatic rings. The molecular formula is C9H16O2. The van der Waals surface area contributed by atoms with E-state index in [1.165, 1.54) is 19.3 Å². The molecule has 2 heteroatoms. The average Bonchev–Trinajstić information content (AvgIpc) is 2.04. The van der Waals surface area contributed by atoms with E-state index in [4.69, 9.17) is 0 Å². The summed E-state index contributed by atoms with van der Waals surface area (Å²) >= 11 is 0. The van der Waals surface area contributed by atoms with Crippen molar-refractivity contribution in [2.45, 2.75) is 50.7 Å². The highest BCUT2D eigenvalue weighted by Crippen LogP contribution is 2.56. The summed E-state index contributed by atoms with van der Waals surface area (Å²) in [6, 6.07) is 0. The van der Waals surface area contributed by atoms with Gasteiger partial charge >= 0.3 is 0 Å². The predicted molar refractivity (Wildman–Crippen MR) is 41.9 cm³/mol. The van der Waals surface area contributed by atoms with E-state index in [0.717, 1.165) is 19.3 Å². The van der Waals surface area contributed by atoms with Gasteiger partial charge in [-0.1, -0.05) is 19.3 Å². The first-order chi connectivity index (χ1) is 5.16. The maximum Gasteiger partial charge on any atom is 0.168 e. The van der Waals surface area contributed by atoms with E-state index in [1.807, 2.05) is 0 Å². The minimum Gasteiger partial charge on any atom is -0.365 e. The van der Waals surface area contributed by atoms with E-state index < -0.39 is 5.79 Å². The lowest BCUT2D eigenvalue weighted by molar-refractivity contribution is -0.312. The normalized spacial score (nSPS) is 33.3. The van der Waals surface area contributed by atoms with Crippen molar-refractivity contribution >= 4 is 0 Å². The number of aliphatic hydroxyl groups is 2. The highest BCUT2D eigenvalue weighted by atomic mass is 16.5. The Kier molecular flexibility index (Phi) is 1.52. The Morgan fingerprint density at radius 2 is 1.36 bits per heavy atom. The Hall–Kier alpha value is -0.0800. The van der Waals surface area contributed by atoms with Crippen LogP contribution in [0, 0.1) is 5.41 Å². The van der Waals surface area contributed by atoms with Gasteiger partial charge in [-0.25, -0.2) is 0 Å². The van der Waals surface area contributed by atoms with Crippen molar-refractivity contribution in [3.8, 4) is 0 Å². The van der Waals surface area contributed by atoms with Crippen LogP contribution in [0.15, 0.2) is 0 Å². The Morgan fingerprint density at radius 3 is 1.64 bits per heavy atom. The molecule has 0 aromatic rings. The van der Waals surface area contributed by atoms with E-state index in [2.05, 4.69) is 0 Å². The van der Waals surface area contributed by atoms with Gasteiger partial charge in [0.2, 0.25) is 0 Å². The topological polar surface area (TPSA) is 40.5 Å². The van der Waals surface area contributed by atoms with Crippen LogP contribution < -0.4 is 0 Å². The summed E-state index contributed by atoms with van der Waals surface area (Å²) in [4.78, 5) is 0. The second-order valence-corrected chi connectivity index (χ2v) is 4.16. The first-order valence-corrected chi connectivity index (χ1v) is 4.61. The van der Waals surface area contributed by atoms with Gasteiger partial charge in [0.05, 0.1) is 0 Å². The largest absolute Gasteiger partial charge is 0.365 e. The van der Waals surface area contributed by atoms with Gasteiger partial charge in [-0.15, -0.1) is 0 Å². The molecule has 0 aliphatic heterocycles. The van der Waals surface area contributed by atoms with Crippen molar-refractivity contribution in [1.82, 2.24) is 0 Å². The molecule has 11 heavy (non-hydrogen) atoms. The van der Waals surface area contributed by atoms with Gasteiger partial charge in [0.15, 0.2) is 5.79 Å². The molecule has 0 atom stereocenters. The Morgan fingerprint density at radius 1 is 0.727 bits per heavy atom. The fourth-order valence-electron chi connectivity index (χ4n) is 2.58. The summed E-state index contributed by atoms with van der Waals surface area (Å²) in [5.74, 6) is -1.31. The molecule has 2 rings (SSSR count). The number of hydrogen-bond donors (Lipinski definition) is 2. The van der Waals surface area contributed by atoms with Crippen LogP contribution in [-0.4, -0.2) is 16.0 Å². The van der Waals surface area contributed by atoms with E-state index in [-0.39, 0.29) is 5.41 Å². The fraction of sp³-hybridized carbons (Fsp3) is 1.00. The van der Waals surface area contributed by atoms with E-state index in [1.54, 1.807) is 0 Å². The van der Waals surface area contributed by atoms with Crippen LogP contribution in [0.3, 0.4) is 0 Å². The van der Waals surface area contributed by atoms with Gasteiger partial charge in [-0.05, 0) is 19.3 Å². The standard InChI is InChI=1S/C9H16O2/c10-9(11)7-6-8(9)4-2-1-3-5-8/h10-11H,1-7H2. The van der Waals surface area contributed by atoms with Gasteiger partial charge in [-0.2, -0.15) is 0 Å². The molecule has 0 unspecified atom stereocenters. The highest BCUT2D eigenvalue weighted by molar-refractivity contribution is 5.02. The van der Waals surface area contributed by atoms with Crippen molar-refractivity contribution in [2.75, 3.05) is 0 Å². The highest BCUT2D eigenvalue weighted by Gasteiger charge is 2.56. The van der Waals surface area contributed by atoms with Crippen molar-refractivity contribution in [3.63, 3.8) is 0 Å². The van der Waals surface area contributed by atoms with E-state index >= 15 is 0 Å². The first kappa shape index (κ1) is 7.56. The van der Waals surface area contributed by atoms with Crippen molar-refractivity contribution < 1.29 is 10.2 Å². The lowest BCUT2D eigenvalue weighted by Crippen LogP contribution is -2.57. The smallest absolute Gasteiger partial charge is 0.168 e. The molecule has 0 radical (unpaired) electrons. The molecule has 2 fully saturated rings. The Balaban J connectivity index is 2.09. The second kappa shape index (κ2) is 2.20. The van der Waals surface area contributed by atoms with Crippen LogP contribution in [0.2, 0.25) is 0 Å². The maximum absolute atomic E-state index is 9.54. The SMILES string of the molecule is OC1(O)CCC12CCCCC2. The zero-order chi connectivity index (χ0) is 7.95. The zero-order valence-corrected chi connectivity index (χ0v) is 6.84. The summed E-state index contributed by atoms with van der Waals surface area (Å²) in [7, 11) is 0. The lowest BCUT2D eigenvalue weighted by atomic mass is 9.56. The van der Waals surface area contributed by atoms with Crippen LogP contribution in [-0.2, 0) is 0 Å². The van der Waals surface area contributed by atoms with Crippen molar-refractivity contribution in [3.05, 3.63) is 0 Å². The second-order valence-electron chi connectivity index (χ2n) is 4.16. The van der Waals surface area contributed by atoms with E-state index in [0.29, 0.717) is 6.42 Å². The van der Waals surface area contributed by atoms with Gasteiger partial charge < -0.3 is 10.2 Å². The summed E-state index contributed by atoms with van der Waals surface area (Å²) < 4.78 is 0. The zero-order valence-electron chi connectivity index (χ0n) is 6.84. The lowest BCUT2D eigenvalue weighted by Gasteiger charge is -2.55.